The smallest absolute Gasteiger partial charge is 0.263 e. The molecule has 5 heteroatoms. The largest absolute Gasteiger partial charge is 0.349 e. The number of aryl methyl sites for hydroxylation is 1. The van der Waals surface area contributed by atoms with Crippen molar-refractivity contribution < 1.29 is 4.79 Å². The Morgan fingerprint density at radius 1 is 1.53 bits per heavy atom. The second-order valence-corrected chi connectivity index (χ2v) is 5.99. The fourth-order valence-corrected chi connectivity index (χ4v) is 2.87. The zero-order valence-corrected chi connectivity index (χ0v) is 11.6. The maximum Gasteiger partial charge on any atom is 0.263 e. The number of hydrogen-bond acceptors (Lipinski definition) is 3. The van der Waals surface area contributed by atoms with Gasteiger partial charge in [0.2, 0.25) is 0 Å². The molecule has 0 bridgehead atoms. The molecule has 0 radical (unpaired) electrons. The summed E-state index contributed by atoms with van der Waals surface area (Å²) in [7, 11) is 0. The highest BCUT2D eigenvalue weighted by molar-refractivity contribution is 8.26. The van der Waals surface area contributed by atoms with Crippen LogP contribution in [0.15, 0.2) is 17.2 Å². The summed E-state index contributed by atoms with van der Waals surface area (Å²) in [5, 5.41) is 2.61. The average Bonchev–Trinajstić information content (AvgIpc) is 2.71. The third-order valence-electron chi connectivity index (χ3n) is 2.57. The lowest BCUT2D eigenvalue weighted by Gasteiger charge is -2.08. The molecular formula is C12H14N2OS2. The maximum absolute atomic E-state index is 11.5. The standard InChI is InChI=1S/C12H14N2OS2/c1-7(2)14-6-9(4-8(14)3)5-10-11(15)13-12(16)17-10/h4-7H,1-3H3,(H,13,15,16)/b10-5-. The first kappa shape index (κ1) is 12.4. The van der Waals surface area contributed by atoms with Gasteiger partial charge in [-0.15, -0.1) is 0 Å². The number of hydrogen-bond donors (Lipinski definition) is 1. The van der Waals surface area contributed by atoms with Crippen LogP contribution < -0.4 is 5.32 Å². The number of thioether (sulfide) groups is 1. The van der Waals surface area contributed by atoms with Gasteiger partial charge >= 0.3 is 0 Å². The molecule has 1 amide bonds. The lowest BCUT2D eigenvalue weighted by molar-refractivity contribution is -0.115. The van der Waals surface area contributed by atoms with Crippen LogP contribution in [0.25, 0.3) is 6.08 Å². The van der Waals surface area contributed by atoms with E-state index in [2.05, 4.69) is 42.9 Å². The van der Waals surface area contributed by atoms with E-state index >= 15 is 0 Å². The third-order valence-corrected chi connectivity index (χ3v) is 3.73. The molecule has 0 atom stereocenters. The van der Waals surface area contributed by atoms with Gasteiger partial charge in [-0.25, -0.2) is 0 Å². The van der Waals surface area contributed by atoms with E-state index in [0.717, 1.165) is 5.56 Å². The molecule has 0 saturated carbocycles. The molecule has 2 heterocycles. The third kappa shape index (κ3) is 2.61. The number of carbonyl (C=O) groups is 1. The Kier molecular flexibility index (Phi) is 3.40. The van der Waals surface area contributed by atoms with E-state index in [1.165, 1.54) is 17.5 Å². The second kappa shape index (κ2) is 4.66. The minimum Gasteiger partial charge on any atom is -0.349 e. The topological polar surface area (TPSA) is 34.0 Å². The predicted octanol–water partition coefficient (Wildman–Crippen LogP) is 2.87. The minimum absolute atomic E-state index is 0.102. The first-order chi connectivity index (χ1) is 7.97. The Morgan fingerprint density at radius 3 is 2.71 bits per heavy atom. The van der Waals surface area contributed by atoms with Crippen molar-refractivity contribution in [2.45, 2.75) is 26.8 Å². The molecule has 17 heavy (non-hydrogen) atoms. The Bertz CT molecular complexity index is 515. The number of amides is 1. The molecule has 1 saturated heterocycles. The van der Waals surface area contributed by atoms with Crippen LogP contribution in [0.3, 0.4) is 0 Å². The van der Waals surface area contributed by atoms with Crippen LogP contribution in [0.4, 0.5) is 0 Å². The van der Waals surface area contributed by atoms with Crippen LogP contribution in [0.5, 0.6) is 0 Å². The summed E-state index contributed by atoms with van der Waals surface area (Å²) in [6.45, 7) is 6.33. The maximum atomic E-state index is 11.5. The number of nitrogens with zero attached hydrogens (tertiary/aromatic N) is 1. The highest BCUT2D eigenvalue weighted by Gasteiger charge is 2.22. The second-order valence-electron chi connectivity index (χ2n) is 4.27. The summed E-state index contributed by atoms with van der Waals surface area (Å²) in [5.74, 6) is -0.102. The molecule has 1 aromatic heterocycles. The van der Waals surface area contributed by atoms with Gasteiger partial charge in [-0.2, -0.15) is 0 Å². The van der Waals surface area contributed by atoms with Crippen molar-refractivity contribution in [1.29, 1.82) is 0 Å². The van der Waals surface area contributed by atoms with Crippen molar-refractivity contribution in [3.63, 3.8) is 0 Å². The lowest BCUT2D eigenvalue weighted by Crippen LogP contribution is -2.17. The van der Waals surface area contributed by atoms with Gasteiger partial charge in [0.25, 0.3) is 5.91 Å². The van der Waals surface area contributed by atoms with E-state index in [-0.39, 0.29) is 5.91 Å². The SMILES string of the molecule is Cc1cc(/C=C2\SC(=S)NC2=O)cn1C(C)C. The Morgan fingerprint density at radius 2 is 2.24 bits per heavy atom. The van der Waals surface area contributed by atoms with Crippen LogP contribution in [0, 0.1) is 6.92 Å². The van der Waals surface area contributed by atoms with Gasteiger partial charge < -0.3 is 9.88 Å². The summed E-state index contributed by atoms with van der Waals surface area (Å²) in [4.78, 5) is 12.2. The van der Waals surface area contributed by atoms with Crippen LogP contribution in [-0.4, -0.2) is 14.8 Å². The van der Waals surface area contributed by atoms with Crippen molar-refractivity contribution in [2.75, 3.05) is 0 Å². The number of rotatable bonds is 2. The summed E-state index contributed by atoms with van der Waals surface area (Å²) >= 11 is 6.26. The first-order valence-corrected chi connectivity index (χ1v) is 6.63. The summed E-state index contributed by atoms with van der Waals surface area (Å²) in [6.07, 6.45) is 3.94. The van der Waals surface area contributed by atoms with Gasteiger partial charge in [0.15, 0.2) is 0 Å². The number of aromatic nitrogens is 1. The van der Waals surface area contributed by atoms with Gasteiger partial charge in [0.05, 0.1) is 4.91 Å². The lowest BCUT2D eigenvalue weighted by atomic mass is 10.3. The van der Waals surface area contributed by atoms with Crippen molar-refractivity contribution in [3.8, 4) is 0 Å². The molecule has 90 valence electrons. The Balaban J connectivity index is 2.30. The van der Waals surface area contributed by atoms with Crippen LogP contribution >= 0.6 is 24.0 Å². The molecule has 0 unspecified atom stereocenters. The van der Waals surface area contributed by atoms with Crippen LogP contribution in [-0.2, 0) is 4.79 Å². The fourth-order valence-electron chi connectivity index (χ4n) is 1.82. The van der Waals surface area contributed by atoms with E-state index in [4.69, 9.17) is 12.2 Å². The predicted molar refractivity (Wildman–Crippen MR) is 75.9 cm³/mol. The van der Waals surface area contributed by atoms with E-state index in [9.17, 15) is 4.79 Å². The normalized spacial score (nSPS) is 18.2. The fraction of sp³-hybridized carbons (Fsp3) is 0.333. The van der Waals surface area contributed by atoms with Crippen molar-refractivity contribution in [2.24, 2.45) is 0 Å². The molecule has 1 N–H and O–H groups in total. The Labute approximate surface area is 110 Å². The molecular weight excluding hydrogens is 252 g/mol. The zero-order valence-electron chi connectivity index (χ0n) is 9.98. The molecule has 1 aliphatic heterocycles. The van der Waals surface area contributed by atoms with E-state index in [1.807, 2.05) is 6.08 Å². The highest BCUT2D eigenvalue weighted by atomic mass is 32.2. The molecule has 0 spiro atoms. The van der Waals surface area contributed by atoms with Crippen molar-refractivity contribution in [1.82, 2.24) is 9.88 Å². The minimum atomic E-state index is -0.102. The molecule has 1 aliphatic rings. The number of thiocarbonyl (C=S) groups is 1. The molecule has 2 rings (SSSR count). The molecule has 0 aromatic carbocycles. The van der Waals surface area contributed by atoms with Gasteiger partial charge in [-0.3, -0.25) is 4.79 Å². The molecule has 0 aliphatic carbocycles. The van der Waals surface area contributed by atoms with Gasteiger partial charge in [-0.05, 0) is 38.5 Å². The Hall–Kier alpha value is -1.07. The van der Waals surface area contributed by atoms with E-state index in [0.29, 0.717) is 15.3 Å². The molecule has 1 aromatic rings. The number of nitrogens with one attached hydrogen (secondary N) is 1. The van der Waals surface area contributed by atoms with Crippen molar-refractivity contribution >= 4 is 40.3 Å². The quantitative estimate of drug-likeness (QED) is 0.660. The van der Waals surface area contributed by atoms with Crippen molar-refractivity contribution in [3.05, 3.63) is 28.4 Å². The van der Waals surface area contributed by atoms with Crippen LogP contribution in [0.2, 0.25) is 0 Å². The first-order valence-electron chi connectivity index (χ1n) is 5.40. The highest BCUT2D eigenvalue weighted by Crippen LogP contribution is 2.26. The van der Waals surface area contributed by atoms with E-state index < -0.39 is 0 Å². The molecule has 1 fully saturated rings. The number of carbonyl (C=O) groups excluding carboxylic acids is 1. The zero-order chi connectivity index (χ0) is 12.6. The summed E-state index contributed by atoms with van der Waals surface area (Å²) in [5.41, 5.74) is 2.23. The van der Waals surface area contributed by atoms with Gasteiger partial charge in [0, 0.05) is 17.9 Å². The average molecular weight is 266 g/mol. The summed E-state index contributed by atoms with van der Waals surface area (Å²) < 4.78 is 2.71. The van der Waals surface area contributed by atoms with Gasteiger partial charge in [0.1, 0.15) is 4.32 Å². The monoisotopic (exact) mass is 266 g/mol. The molecule has 3 nitrogen and oxygen atoms in total. The van der Waals surface area contributed by atoms with E-state index in [1.54, 1.807) is 0 Å². The van der Waals surface area contributed by atoms with Gasteiger partial charge in [-0.1, -0.05) is 24.0 Å². The summed E-state index contributed by atoms with van der Waals surface area (Å²) in [6, 6.07) is 2.50. The van der Waals surface area contributed by atoms with Crippen LogP contribution in [0.1, 0.15) is 31.1 Å².